The van der Waals surface area contributed by atoms with Crippen molar-refractivity contribution in [3.05, 3.63) is 24.0 Å². The van der Waals surface area contributed by atoms with Crippen molar-refractivity contribution in [1.29, 1.82) is 0 Å². The van der Waals surface area contributed by atoms with Crippen LogP contribution in [0.15, 0.2) is 18.2 Å². The Kier molecular flexibility index (Phi) is 7.43. The first kappa shape index (κ1) is 21.8. The molecule has 30 heavy (non-hydrogen) atoms. The Morgan fingerprint density at radius 3 is 2.77 bits per heavy atom. The predicted octanol–water partition coefficient (Wildman–Crippen LogP) is 4.02. The molecule has 2 aromatic heterocycles. The summed E-state index contributed by atoms with van der Waals surface area (Å²) in [6, 6.07) is 5.82. The minimum Gasteiger partial charge on any atom is -0.497 e. The maximum absolute atomic E-state index is 11.7. The summed E-state index contributed by atoms with van der Waals surface area (Å²) in [7, 11) is 1.65. The summed E-state index contributed by atoms with van der Waals surface area (Å²) < 4.78 is 12.6. The Labute approximate surface area is 177 Å². The lowest BCUT2D eigenvalue weighted by Gasteiger charge is -2.11. The molecule has 0 aliphatic carbocycles. The summed E-state index contributed by atoms with van der Waals surface area (Å²) >= 11 is 0. The van der Waals surface area contributed by atoms with Crippen LogP contribution < -0.4 is 10.1 Å². The molecule has 0 aliphatic rings. The summed E-state index contributed by atoms with van der Waals surface area (Å²) in [5.41, 5.74) is 2.51. The second kappa shape index (κ2) is 10.2. The van der Waals surface area contributed by atoms with E-state index in [9.17, 15) is 4.79 Å². The van der Waals surface area contributed by atoms with Crippen molar-refractivity contribution >= 4 is 28.5 Å². The molecule has 0 amide bonds. The number of aryl methyl sites for hydroxylation is 1. The number of hydrogen-bond donors (Lipinski definition) is 1. The number of ether oxygens (including phenoxy) is 2. The van der Waals surface area contributed by atoms with Crippen LogP contribution in [0.25, 0.3) is 16.7 Å². The van der Waals surface area contributed by atoms with Gasteiger partial charge in [-0.3, -0.25) is 9.20 Å². The topological polar surface area (TPSA) is 90.6 Å². The third-order valence-corrected chi connectivity index (χ3v) is 4.84. The smallest absolute Gasteiger partial charge is 0.305 e. The van der Waals surface area contributed by atoms with Crippen molar-refractivity contribution in [3.8, 4) is 5.75 Å². The lowest BCUT2D eigenvalue weighted by Crippen LogP contribution is -2.10. The quantitative estimate of drug-likeness (QED) is 0.375. The van der Waals surface area contributed by atoms with Crippen molar-refractivity contribution in [2.45, 2.75) is 52.9 Å². The number of hydrogen-bond acceptors (Lipinski definition) is 7. The monoisotopic (exact) mass is 413 g/mol. The molecule has 2 heterocycles. The second-order valence-corrected chi connectivity index (χ2v) is 7.76. The molecule has 8 nitrogen and oxygen atoms in total. The third-order valence-electron chi connectivity index (χ3n) is 4.84. The van der Waals surface area contributed by atoms with E-state index in [-0.39, 0.29) is 5.97 Å². The number of carbonyl (C=O) groups is 1. The van der Waals surface area contributed by atoms with E-state index in [0.717, 1.165) is 60.5 Å². The van der Waals surface area contributed by atoms with E-state index >= 15 is 0 Å². The summed E-state index contributed by atoms with van der Waals surface area (Å²) in [5.74, 6) is 2.62. The number of rotatable bonds is 11. The first-order valence-corrected chi connectivity index (χ1v) is 10.6. The summed E-state index contributed by atoms with van der Waals surface area (Å²) in [5, 5.41) is 12.1. The van der Waals surface area contributed by atoms with E-state index in [4.69, 9.17) is 14.5 Å². The molecule has 0 radical (unpaired) electrons. The van der Waals surface area contributed by atoms with Crippen LogP contribution in [0.1, 0.15) is 52.3 Å². The van der Waals surface area contributed by atoms with E-state index in [0.29, 0.717) is 24.8 Å². The Hall–Kier alpha value is -2.90. The molecule has 8 heteroatoms. The van der Waals surface area contributed by atoms with Crippen molar-refractivity contribution in [1.82, 2.24) is 19.6 Å². The van der Waals surface area contributed by atoms with Crippen LogP contribution in [-0.2, 0) is 16.0 Å². The summed E-state index contributed by atoms with van der Waals surface area (Å²) in [4.78, 5) is 16.4. The molecular weight excluding hydrogens is 382 g/mol. The van der Waals surface area contributed by atoms with E-state index in [2.05, 4.69) is 26.8 Å². The molecule has 0 aliphatic heterocycles. The molecule has 0 fully saturated rings. The summed E-state index contributed by atoms with van der Waals surface area (Å²) in [6.45, 7) is 7.36. The SMILES string of the molecule is CCc1nnc2c(NCCCCCC(=O)OCC(C)C)nc3cc(OC)ccc3n12. The van der Waals surface area contributed by atoms with Gasteiger partial charge in [0.2, 0.25) is 5.65 Å². The number of nitrogens with one attached hydrogen (secondary N) is 1. The fourth-order valence-electron chi connectivity index (χ4n) is 3.26. The lowest BCUT2D eigenvalue weighted by molar-refractivity contribution is -0.144. The van der Waals surface area contributed by atoms with Crippen LogP contribution in [0.5, 0.6) is 5.75 Å². The van der Waals surface area contributed by atoms with Gasteiger partial charge in [-0.15, -0.1) is 10.2 Å². The molecule has 162 valence electrons. The minimum absolute atomic E-state index is 0.112. The maximum atomic E-state index is 11.7. The predicted molar refractivity (Wildman–Crippen MR) is 117 cm³/mol. The van der Waals surface area contributed by atoms with Crippen molar-refractivity contribution in [2.75, 3.05) is 25.6 Å². The number of fused-ring (bicyclic) bond motifs is 3. The molecular formula is C22H31N5O3. The standard InChI is InChI=1S/C22H31N5O3/c1-5-19-25-26-22-21(23-12-8-6-7-9-20(28)30-14-15(2)3)24-17-13-16(29-4)10-11-18(17)27(19)22/h10-11,13,15H,5-9,12,14H2,1-4H3,(H,23,24). The zero-order valence-corrected chi connectivity index (χ0v) is 18.3. The number of unbranched alkanes of at least 4 members (excludes halogenated alkanes) is 2. The average molecular weight is 414 g/mol. The molecule has 0 spiro atoms. The number of anilines is 1. The molecule has 0 saturated carbocycles. The van der Waals surface area contributed by atoms with Gasteiger partial charge in [-0.1, -0.05) is 27.2 Å². The highest BCUT2D eigenvalue weighted by molar-refractivity contribution is 5.84. The largest absolute Gasteiger partial charge is 0.497 e. The molecule has 3 rings (SSSR count). The zero-order valence-electron chi connectivity index (χ0n) is 18.3. The van der Waals surface area contributed by atoms with Gasteiger partial charge in [0.25, 0.3) is 0 Å². The van der Waals surface area contributed by atoms with E-state index in [1.54, 1.807) is 7.11 Å². The molecule has 1 N–H and O–H groups in total. The Morgan fingerprint density at radius 2 is 2.03 bits per heavy atom. The van der Waals surface area contributed by atoms with Crippen LogP contribution in [-0.4, -0.2) is 45.8 Å². The number of nitrogens with zero attached hydrogens (tertiary/aromatic N) is 4. The van der Waals surface area contributed by atoms with Crippen LogP contribution in [0, 0.1) is 5.92 Å². The van der Waals surface area contributed by atoms with Crippen LogP contribution in [0.3, 0.4) is 0 Å². The molecule has 0 saturated heterocycles. The van der Waals surface area contributed by atoms with Crippen LogP contribution in [0.2, 0.25) is 0 Å². The summed E-state index contributed by atoms with van der Waals surface area (Å²) in [6.07, 6.45) is 3.93. The Morgan fingerprint density at radius 1 is 1.20 bits per heavy atom. The lowest BCUT2D eigenvalue weighted by atomic mass is 10.2. The first-order chi connectivity index (χ1) is 14.5. The van der Waals surface area contributed by atoms with Crippen molar-refractivity contribution in [2.24, 2.45) is 5.92 Å². The number of benzene rings is 1. The molecule has 0 bridgehead atoms. The van der Waals surface area contributed by atoms with E-state index in [1.807, 2.05) is 32.0 Å². The van der Waals surface area contributed by atoms with Crippen LogP contribution in [0.4, 0.5) is 5.82 Å². The number of aromatic nitrogens is 4. The fourth-order valence-corrected chi connectivity index (χ4v) is 3.26. The van der Waals surface area contributed by atoms with Crippen molar-refractivity contribution < 1.29 is 14.3 Å². The van der Waals surface area contributed by atoms with Gasteiger partial charge in [-0.25, -0.2) is 4.98 Å². The molecule has 1 aromatic carbocycles. The highest BCUT2D eigenvalue weighted by Crippen LogP contribution is 2.25. The van der Waals surface area contributed by atoms with Gasteiger partial charge in [0.15, 0.2) is 5.82 Å². The van der Waals surface area contributed by atoms with E-state index < -0.39 is 0 Å². The molecule has 3 aromatic rings. The van der Waals surface area contributed by atoms with Crippen LogP contribution >= 0.6 is 0 Å². The van der Waals surface area contributed by atoms with Gasteiger partial charge in [0.05, 0.1) is 24.8 Å². The highest BCUT2D eigenvalue weighted by atomic mass is 16.5. The maximum Gasteiger partial charge on any atom is 0.305 e. The average Bonchev–Trinajstić information content (AvgIpc) is 3.18. The van der Waals surface area contributed by atoms with Gasteiger partial charge in [-0.05, 0) is 30.9 Å². The Bertz CT molecular complexity index is 999. The third kappa shape index (κ3) is 5.17. The molecule has 0 atom stereocenters. The Balaban J connectivity index is 1.63. The van der Waals surface area contributed by atoms with Crippen molar-refractivity contribution in [3.63, 3.8) is 0 Å². The van der Waals surface area contributed by atoms with Gasteiger partial charge in [-0.2, -0.15) is 0 Å². The second-order valence-electron chi connectivity index (χ2n) is 7.76. The van der Waals surface area contributed by atoms with Gasteiger partial charge in [0, 0.05) is 25.5 Å². The number of esters is 1. The highest BCUT2D eigenvalue weighted by Gasteiger charge is 2.14. The fraction of sp³-hybridized carbons (Fsp3) is 0.545. The van der Waals surface area contributed by atoms with Gasteiger partial charge >= 0.3 is 5.97 Å². The minimum atomic E-state index is -0.112. The molecule has 0 unspecified atom stereocenters. The first-order valence-electron chi connectivity index (χ1n) is 10.6. The zero-order chi connectivity index (χ0) is 21.5. The number of methoxy groups -OCH3 is 1. The number of carbonyl (C=O) groups excluding carboxylic acids is 1. The normalized spacial score (nSPS) is 11.4. The van der Waals surface area contributed by atoms with Gasteiger partial charge in [0.1, 0.15) is 11.6 Å². The van der Waals surface area contributed by atoms with Gasteiger partial charge < -0.3 is 14.8 Å². The van der Waals surface area contributed by atoms with E-state index in [1.165, 1.54) is 0 Å².